The van der Waals surface area contributed by atoms with Crippen molar-refractivity contribution in [1.82, 2.24) is 19.7 Å². The molecule has 0 bridgehead atoms. The second-order valence-corrected chi connectivity index (χ2v) is 5.99. The highest BCUT2D eigenvalue weighted by Gasteiger charge is 2.20. The first-order chi connectivity index (χ1) is 12.6. The molecular weight excluding hydrogens is 358 g/mol. The third-order valence-corrected chi connectivity index (χ3v) is 3.93. The lowest BCUT2D eigenvalue weighted by atomic mass is 10.3. The molecule has 0 saturated carbocycles. The van der Waals surface area contributed by atoms with Crippen molar-refractivity contribution in [2.45, 2.75) is 13.0 Å². The normalized spacial score (nSPS) is 10.8. The molecule has 2 aromatic heterocycles. The van der Waals surface area contributed by atoms with Gasteiger partial charge in [-0.15, -0.1) is 5.10 Å². The molecule has 0 aliphatic heterocycles. The summed E-state index contributed by atoms with van der Waals surface area (Å²) in [5.74, 6) is 0.359. The minimum absolute atomic E-state index is 0.174. The summed E-state index contributed by atoms with van der Waals surface area (Å²) in [7, 11) is 0. The number of nitrogens with one attached hydrogen (secondary N) is 1. The zero-order valence-electron chi connectivity index (χ0n) is 13.9. The smallest absolute Gasteiger partial charge is 0.351 e. The van der Waals surface area contributed by atoms with E-state index in [4.69, 9.17) is 21.8 Å². The van der Waals surface area contributed by atoms with Gasteiger partial charge in [0.2, 0.25) is 11.7 Å². The van der Waals surface area contributed by atoms with Gasteiger partial charge in [0.15, 0.2) is 5.76 Å². The van der Waals surface area contributed by atoms with E-state index >= 15 is 0 Å². The summed E-state index contributed by atoms with van der Waals surface area (Å²) >= 11 is 5.90. The van der Waals surface area contributed by atoms with Gasteiger partial charge in [-0.3, -0.25) is 9.36 Å². The Hall–Kier alpha value is -2.84. The number of carbonyl (C=O) groups excluding carboxylic acids is 1. The Labute approximate surface area is 154 Å². The number of rotatable bonds is 7. The number of nitrogens with zero attached hydrogens (tertiary/aromatic N) is 3. The molecule has 1 aromatic carbocycles. The Balaban J connectivity index is 1.97. The van der Waals surface area contributed by atoms with E-state index in [0.717, 1.165) is 0 Å². The fraction of sp³-hybridized carbons (Fsp3) is 0.235. The molecule has 8 nitrogen and oxygen atoms in total. The lowest BCUT2D eigenvalue weighted by molar-refractivity contribution is -0.121. The highest BCUT2D eigenvalue weighted by Crippen LogP contribution is 2.18. The maximum Gasteiger partial charge on any atom is 0.351 e. The molecule has 0 unspecified atom stereocenters. The van der Waals surface area contributed by atoms with Crippen LogP contribution in [0.1, 0.15) is 6.42 Å². The topological polar surface area (TPSA) is 108 Å². The lowest BCUT2D eigenvalue weighted by Crippen LogP contribution is -2.34. The molecule has 9 heteroatoms. The molecule has 0 saturated heterocycles. The summed E-state index contributed by atoms with van der Waals surface area (Å²) < 4.78 is 7.84. The van der Waals surface area contributed by atoms with Crippen LogP contribution in [0, 0.1) is 0 Å². The second kappa shape index (κ2) is 8.03. The molecule has 3 aromatic rings. The summed E-state index contributed by atoms with van der Waals surface area (Å²) in [6, 6.07) is 10.0. The van der Waals surface area contributed by atoms with E-state index in [1.165, 1.54) is 15.5 Å². The van der Waals surface area contributed by atoms with E-state index in [2.05, 4.69) is 10.4 Å². The van der Waals surface area contributed by atoms with Crippen LogP contribution in [0.4, 0.5) is 0 Å². The highest BCUT2D eigenvalue weighted by atomic mass is 35.5. The first kappa shape index (κ1) is 18.0. The van der Waals surface area contributed by atoms with Crippen LogP contribution in [-0.4, -0.2) is 33.3 Å². The molecule has 0 atom stereocenters. The molecule has 0 aliphatic carbocycles. The minimum atomic E-state index is -0.451. The second-order valence-electron chi connectivity index (χ2n) is 5.55. The van der Waals surface area contributed by atoms with E-state index in [9.17, 15) is 9.59 Å². The summed E-state index contributed by atoms with van der Waals surface area (Å²) in [4.78, 5) is 25.0. The predicted molar refractivity (Wildman–Crippen MR) is 97.2 cm³/mol. The monoisotopic (exact) mass is 375 g/mol. The van der Waals surface area contributed by atoms with Crippen molar-refractivity contribution in [3.05, 3.63) is 58.2 Å². The quantitative estimate of drug-likeness (QED) is 0.607. The molecule has 0 aliphatic rings. The molecule has 0 radical (unpaired) electrons. The van der Waals surface area contributed by atoms with Gasteiger partial charge in [0.05, 0.1) is 12.0 Å². The van der Waals surface area contributed by atoms with E-state index in [1.807, 2.05) is 0 Å². The summed E-state index contributed by atoms with van der Waals surface area (Å²) in [5, 5.41) is 7.60. The summed E-state index contributed by atoms with van der Waals surface area (Å²) in [5.41, 5.74) is 5.50. The molecule has 2 heterocycles. The molecular formula is C17H18ClN5O3. The van der Waals surface area contributed by atoms with Crippen molar-refractivity contribution in [2.75, 3.05) is 13.1 Å². The number of hydrogen-bond acceptors (Lipinski definition) is 5. The average molecular weight is 376 g/mol. The lowest BCUT2D eigenvalue weighted by Gasteiger charge is -2.05. The maximum absolute atomic E-state index is 12.8. The van der Waals surface area contributed by atoms with Crippen LogP contribution < -0.4 is 16.7 Å². The first-order valence-corrected chi connectivity index (χ1v) is 8.44. The predicted octanol–water partition coefficient (Wildman–Crippen LogP) is 1.41. The van der Waals surface area contributed by atoms with Gasteiger partial charge in [0.1, 0.15) is 6.54 Å². The van der Waals surface area contributed by atoms with Gasteiger partial charge in [-0.25, -0.2) is 4.79 Å². The Morgan fingerprint density at radius 3 is 2.69 bits per heavy atom. The van der Waals surface area contributed by atoms with Crippen LogP contribution in [0.25, 0.3) is 17.3 Å². The Morgan fingerprint density at radius 2 is 2.04 bits per heavy atom. The molecule has 3 rings (SSSR count). The van der Waals surface area contributed by atoms with Crippen LogP contribution in [0.3, 0.4) is 0 Å². The zero-order valence-corrected chi connectivity index (χ0v) is 14.6. The number of nitrogens with two attached hydrogens (primary N) is 1. The number of carbonyl (C=O) groups is 1. The minimum Gasteiger partial charge on any atom is -0.461 e. The number of hydrogen-bond donors (Lipinski definition) is 2. The molecule has 136 valence electrons. The van der Waals surface area contributed by atoms with Crippen LogP contribution in [0.2, 0.25) is 5.02 Å². The van der Waals surface area contributed by atoms with Crippen molar-refractivity contribution >= 4 is 17.5 Å². The Morgan fingerprint density at radius 1 is 1.27 bits per heavy atom. The molecule has 26 heavy (non-hydrogen) atoms. The number of halogens is 1. The number of amides is 1. The summed E-state index contributed by atoms with van der Waals surface area (Å²) in [6.07, 6.45) is 2.14. The van der Waals surface area contributed by atoms with E-state index in [0.29, 0.717) is 36.0 Å². The largest absolute Gasteiger partial charge is 0.461 e. The third kappa shape index (κ3) is 3.87. The summed E-state index contributed by atoms with van der Waals surface area (Å²) in [6.45, 7) is 0.755. The van der Waals surface area contributed by atoms with Crippen LogP contribution in [0.15, 0.2) is 51.9 Å². The van der Waals surface area contributed by atoms with Gasteiger partial charge < -0.3 is 15.5 Å². The van der Waals surface area contributed by atoms with Crippen molar-refractivity contribution in [2.24, 2.45) is 5.73 Å². The van der Waals surface area contributed by atoms with E-state index < -0.39 is 5.69 Å². The van der Waals surface area contributed by atoms with Crippen molar-refractivity contribution < 1.29 is 9.21 Å². The highest BCUT2D eigenvalue weighted by molar-refractivity contribution is 6.30. The Bertz CT molecular complexity index is 928. The average Bonchev–Trinajstić information content (AvgIpc) is 3.26. The van der Waals surface area contributed by atoms with Crippen molar-refractivity contribution in [3.63, 3.8) is 0 Å². The van der Waals surface area contributed by atoms with Crippen LogP contribution in [0.5, 0.6) is 0 Å². The molecule has 0 spiro atoms. The molecule has 1 amide bonds. The maximum atomic E-state index is 12.8. The fourth-order valence-corrected chi connectivity index (χ4v) is 2.53. The SMILES string of the molecule is NCCCNC(=O)Cn1c(-c2ccco2)nn(-c2ccc(Cl)cc2)c1=O. The van der Waals surface area contributed by atoms with Gasteiger partial charge in [0.25, 0.3) is 0 Å². The van der Waals surface area contributed by atoms with Gasteiger partial charge in [-0.2, -0.15) is 4.68 Å². The number of benzene rings is 1. The van der Waals surface area contributed by atoms with E-state index in [1.54, 1.807) is 36.4 Å². The first-order valence-electron chi connectivity index (χ1n) is 8.06. The standard InChI is InChI=1S/C17H18ClN5O3/c18-12-4-6-13(7-5-12)23-17(25)22(11-15(24)20-9-2-8-19)16(21-23)14-3-1-10-26-14/h1,3-7,10H,2,8-9,11,19H2,(H,20,24). The molecule has 0 fully saturated rings. The van der Waals surface area contributed by atoms with Crippen LogP contribution in [-0.2, 0) is 11.3 Å². The van der Waals surface area contributed by atoms with Crippen molar-refractivity contribution in [3.8, 4) is 17.3 Å². The van der Waals surface area contributed by atoms with Crippen molar-refractivity contribution in [1.29, 1.82) is 0 Å². The zero-order chi connectivity index (χ0) is 18.5. The van der Waals surface area contributed by atoms with Gasteiger partial charge >= 0.3 is 5.69 Å². The van der Waals surface area contributed by atoms with Crippen LogP contribution >= 0.6 is 11.6 Å². The van der Waals surface area contributed by atoms with Gasteiger partial charge in [-0.05, 0) is 49.4 Å². The third-order valence-electron chi connectivity index (χ3n) is 3.68. The van der Waals surface area contributed by atoms with Gasteiger partial charge in [-0.1, -0.05) is 11.6 Å². The Kier molecular flexibility index (Phi) is 5.55. The number of aromatic nitrogens is 3. The fourth-order valence-electron chi connectivity index (χ4n) is 2.41. The number of furan rings is 1. The molecule has 3 N–H and O–H groups in total. The van der Waals surface area contributed by atoms with E-state index in [-0.39, 0.29) is 18.3 Å². The van der Waals surface area contributed by atoms with Gasteiger partial charge in [0, 0.05) is 11.6 Å².